The molecule has 1 aromatic carbocycles. The maximum Gasteiger partial charge on any atom is 0.336 e. The quantitative estimate of drug-likeness (QED) is 0.659. The first kappa shape index (κ1) is 11.5. The van der Waals surface area contributed by atoms with E-state index in [9.17, 15) is 9.59 Å². The second kappa shape index (κ2) is 5.32. The van der Waals surface area contributed by atoms with Crippen LogP contribution in [0.4, 0.5) is 0 Å². The Kier molecular flexibility index (Phi) is 4.07. The van der Waals surface area contributed by atoms with Gasteiger partial charge in [0.1, 0.15) is 6.29 Å². The highest BCUT2D eigenvalue weighted by molar-refractivity contribution is 9.10. The number of aldehydes is 1. The number of halogens is 1. The number of carbonyl (C=O) groups excluding carboxylic acids is 1. The Bertz CT molecular complexity index is 455. The molecule has 0 aliphatic rings. The standard InChI is InChI=1S/C11H7BrO3/c12-10-5-4-8(3-1-2-6-13)7-9(10)11(14)15/h4-7H,2H2,(H,14,15). The van der Waals surface area contributed by atoms with E-state index in [2.05, 4.69) is 27.8 Å². The third-order valence-electron chi connectivity index (χ3n) is 1.61. The summed E-state index contributed by atoms with van der Waals surface area (Å²) in [6.45, 7) is 0. The molecule has 0 unspecified atom stereocenters. The normalized spacial score (nSPS) is 8.87. The van der Waals surface area contributed by atoms with Gasteiger partial charge in [0, 0.05) is 10.0 Å². The van der Waals surface area contributed by atoms with Crippen LogP contribution in [0.3, 0.4) is 0 Å². The topological polar surface area (TPSA) is 54.4 Å². The van der Waals surface area contributed by atoms with Crippen LogP contribution in [0.1, 0.15) is 22.3 Å². The summed E-state index contributed by atoms with van der Waals surface area (Å²) in [5, 5.41) is 8.83. The lowest BCUT2D eigenvalue weighted by Crippen LogP contribution is -1.97. The number of aromatic carboxylic acids is 1. The van der Waals surface area contributed by atoms with Gasteiger partial charge in [-0.1, -0.05) is 11.8 Å². The minimum atomic E-state index is -1.01. The highest BCUT2D eigenvalue weighted by Gasteiger charge is 2.07. The number of carboxylic acid groups (broad SMARTS) is 1. The first-order valence-electron chi connectivity index (χ1n) is 4.10. The molecule has 3 nitrogen and oxygen atoms in total. The second-order valence-corrected chi connectivity index (χ2v) is 3.53. The fourth-order valence-corrected chi connectivity index (χ4v) is 1.38. The first-order valence-corrected chi connectivity index (χ1v) is 4.90. The molecular formula is C11H7BrO3. The summed E-state index contributed by atoms with van der Waals surface area (Å²) in [4.78, 5) is 20.8. The highest BCUT2D eigenvalue weighted by Crippen LogP contribution is 2.17. The predicted octanol–water partition coefficient (Wildman–Crippen LogP) is 2.09. The van der Waals surface area contributed by atoms with Crippen molar-refractivity contribution in [3.05, 3.63) is 33.8 Å². The number of carbonyl (C=O) groups is 2. The lowest BCUT2D eigenvalue weighted by atomic mass is 10.1. The molecule has 0 radical (unpaired) electrons. The van der Waals surface area contributed by atoms with E-state index >= 15 is 0 Å². The summed E-state index contributed by atoms with van der Waals surface area (Å²) in [5.41, 5.74) is 0.741. The minimum Gasteiger partial charge on any atom is -0.478 e. The SMILES string of the molecule is O=CCC#Cc1ccc(Br)c(C(=O)O)c1. The molecule has 0 aromatic heterocycles. The van der Waals surface area contributed by atoms with E-state index in [1.165, 1.54) is 6.07 Å². The van der Waals surface area contributed by atoms with E-state index in [4.69, 9.17) is 5.11 Å². The predicted molar refractivity (Wildman–Crippen MR) is 58.7 cm³/mol. The van der Waals surface area contributed by atoms with Crippen molar-refractivity contribution in [2.75, 3.05) is 0 Å². The van der Waals surface area contributed by atoms with Crippen molar-refractivity contribution in [1.82, 2.24) is 0 Å². The van der Waals surface area contributed by atoms with Crippen molar-refractivity contribution in [1.29, 1.82) is 0 Å². The van der Waals surface area contributed by atoms with E-state index in [1.54, 1.807) is 12.1 Å². The van der Waals surface area contributed by atoms with E-state index in [-0.39, 0.29) is 12.0 Å². The molecule has 0 aliphatic heterocycles. The molecule has 4 heteroatoms. The van der Waals surface area contributed by atoms with Gasteiger partial charge in [-0.2, -0.15) is 0 Å². The number of hydrogen-bond donors (Lipinski definition) is 1. The van der Waals surface area contributed by atoms with Gasteiger partial charge in [-0.15, -0.1) is 0 Å². The third kappa shape index (κ3) is 3.22. The smallest absolute Gasteiger partial charge is 0.336 e. The van der Waals surface area contributed by atoms with Crippen LogP contribution in [0, 0.1) is 11.8 Å². The maximum atomic E-state index is 10.8. The Labute approximate surface area is 95.2 Å². The van der Waals surface area contributed by atoms with Gasteiger partial charge in [-0.25, -0.2) is 4.79 Å². The van der Waals surface area contributed by atoms with Crippen molar-refractivity contribution in [2.24, 2.45) is 0 Å². The van der Waals surface area contributed by atoms with E-state index in [0.717, 1.165) is 0 Å². The molecule has 0 fully saturated rings. The molecule has 1 rings (SSSR count). The van der Waals surface area contributed by atoms with Crippen molar-refractivity contribution < 1.29 is 14.7 Å². The van der Waals surface area contributed by atoms with Gasteiger partial charge >= 0.3 is 5.97 Å². The summed E-state index contributed by atoms with van der Waals surface area (Å²) in [5.74, 6) is 4.30. The number of carboxylic acids is 1. The summed E-state index contributed by atoms with van der Waals surface area (Å²) in [6.07, 6.45) is 0.850. The monoisotopic (exact) mass is 266 g/mol. The number of benzene rings is 1. The Morgan fingerprint density at radius 2 is 2.27 bits per heavy atom. The minimum absolute atomic E-state index is 0.151. The molecule has 76 valence electrons. The largest absolute Gasteiger partial charge is 0.478 e. The fraction of sp³-hybridized carbons (Fsp3) is 0.0909. The Morgan fingerprint density at radius 1 is 1.53 bits per heavy atom. The molecule has 15 heavy (non-hydrogen) atoms. The summed E-state index contributed by atoms with van der Waals surface area (Å²) < 4.78 is 0.510. The van der Waals surface area contributed by atoms with Gasteiger partial charge in [0.05, 0.1) is 12.0 Å². The maximum absolute atomic E-state index is 10.8. The zero-order chi connectivity index (χ0) is 11.3. The van der Waals surface area contributed by atoms with Crippen LogP contribution in [-0.2, 0) is 4.79 Å². The molecule has 0 amide bonds. The molecule has 0 atom stereocenters. The van der Waals surface area contributed by atoms with E-state index in [0.29, 0.717) is 16.3 Å². The van der Waals surface area contributed by atoms with Crippen LogP contribution in [-0.4, -0.2) is 17.4 Å². The second-order valence-electron chi connectivity index (χ2n) is 2.67. The Balaban J connectivity index is 3.04. The molecule has 0 saturated heterocycles. The van der Waals surface area contributed by atoms with Crippen LogP contribution in [0.5, 0.6) is 0 Å². The van der Waals surface area contributed by atoms with Gasteiger partial charge in [0.25, 0.3) is 0 Å². The van der Waals surface area contributed by atoms with Crippen molar-refractivity contribution >= 4 is 28.2 Å². The fourth-order valence-electron chi connectivity index (χ4n) is 0.962. The Morgan fingerprint density at radius 3 is 2.87 bits per heavy atom. The Hall–Kier alpha value is -1.60. The van der Waals surface area contributed by atoms with Gasteiger partial charge in [0.2, 0.25) is 0 Å². The van der Waals surface area contributed by atoms with Crippen molar-refractivity contribution in [2.45, 2.75) is 6.42 Å². The van der Waals surface area contributed by atoms with Crippen LogP contribution in [0.2, 0.25) is 0 Å². The molecule has 0 spiro atoms. The third-order valence-corrected chi connectivity index (χ3v) is 2.31. The number of hydrogen-bond acceptors (Lipinski definition) is 2. The molecule has 0 saturated carbocycles. The lowest BCUT2D eigenvalue weighted by molar-refractivity contribution is -0.107. The van der Waals surface area contributed by atoms with Gasteiger partial charge in [-0.05, 0) is 34.1 Å². The molecule has 1 N–H and O–H groups in total. The van der Waals surface area contributed by atoms with Crippen LogP contribution in [0.25, 0.3) is 0 Å². The summed E-state index contributed by atoms with van der Waals surface area (Å²) >= 11 is 3.13. The van der Waals surface area contributed by atoms with Gasteiger partial charge < -0.3 is 9.90 Å². The van der Waals surface area contributed by atoms with Gasteiger partial charge in [0.15, 0.2) is 0 Å². The first-order chi connectivity index (χ1) is 7.15. The molecule has 0 aliphatic carbocycles. The van der Waals surface area contributed by atoms with Crippen LogP contribution >= 0.6 is 15.9 Å². The molecule has 0 bridgehead atoms. The highest BCUT2D eigenvalue weighted by atomic mass is 79.9. The molecular weight excluding hydrogens is 260 g/mol. The zero-order valence-electron chi connectivity index (χ0n) is 7.66. The van der Waals surface area contributed by atoms with Crippen LogP contribution < -0.4 is 0 Å². The number of rotatable bonds is 2. The van der Waals surface area contributed by atoms with Crippen molar-refractivity contribution in [3.8, 4) is 11.8 Å². The van der Waals surface area contributed by atoms with Crippen molar-refractivity contribution in [3.63, 3.8) is 0 Å². The summed E-state index contributed by atoms with van der Waals surface area (Å²) in [7, 11) is 0. The van der Waals surface area contributed by atoms with Gasteiger partial charge in [-0.3, -0.25) is 0 Å². The average molecular weight is 267 g/mol. The average Bonchev–Trinajstić information content (AvgIpc) is 2.20. The molecule has 0 heterocycles. The summed E-state index contributed by atoms with van der Waals surface area (Å²) in [6, 6.07) is 4.77. The zero-order valence-corrected chi connectivity index (χ0v) is 9.24. The van der Waals surface area contributed by atoms with Crippen LogP contribution in [0.15, 0.2) is 22.7 Å². The van der Waals surface area contributed by atoms with E-state index < -0.39 is 5.97 Å². The van der Waals surface area contributed by atoms with E-state index in [1.807, 2.05) is 0 Å². The lowest BCUT2D eigenvalue weighted by Gasteiger charge is -1.98. The molecule has 1 aromatic rings.